The van der Waals surface area contributed by atoms with E-state index in [-0.39, 0.29) is 5.25 Å². The average Bonchev–Trinajstić information content (AvgIpc) is 3.18. The van der Waals surface area contributed by atoms with Crippen molar-refractivity contribution in [2.24, 2.45) is 0 Å². The molecule has 1 N–H and O–H groups in total. The maximum atomic E-state index is 12.0. The Labute approximate surface area is 142 Å². The molecule has 1 aromatic rings. The van der Waals surface area contributed by atoms with Gasteiger partial charge in [-0.05, 0) is 52.7 Å². The predicted octanol–water partition coefficient (Wildman–Crippen LogP) is 2.54. The Kier molecular flexibility index (Phi) is 3.99. The summed E-state index contributed by atoms with van der Waals surface area (Å²) in [5.74, 6) is 0. The summed E-state index contributed by atoms with van der Waals surface area (Å²) >= 11 is 6.32. The molecule has 2 aliphatic rings. The molecule has 5 nitrogen and oxygen atoms in total. The van der Waals surface area contributed by atoms with Gasteiger partial charge in [0.15, 0.2) is 0 Å². The second-order valence-electron chi connectivity index (χ2n) is 7.17. The molecule has 126 valence electrons. The Hall–Kier alpha value is -0.755. The standard InChI is InChI=1S/C15H21BClNO4S/c1-14(2)15(3,4)22-16(21-14)12-8-5-10(9-13(12)17)18-23(19,20)11-6-7-11/h5,8-9,11,18H,6-7H2,1-4H3. The molecule has 0 spiro atoms. The van der Waals surface area contributed by atoms with E-state index in [0.29, 0.717) is 16.2 Å². The quantitative estimate of drug-likeness (QED) is 0.841. The molecule has 1 saturated carbocycles. The fourth-order valence-corrected chi connectivity index (χ4v) is 4.03. The van der Waals surface area contributed by atoms with Crippen LogP contribution in [0.15, 0.2) is 18.2 Å². The zero-order valence-corrected chi connectivity index (χ0v) is 15.3. The fourth-order valence-electron chi connectivity index (χ4n) is 2.38. The lowest BCUT2D eigenvalue weighted by atomic mass is 9.79. The monoisotopic (exact) mass is 357 g/mol. The van der Waals surface area contributed by atoms with Gasteiger partial charge >= 0.3 is 7.12 Å². The van der Waals surface area contributed by atoms with Gasteiger partial charge in [-0.15, -0.1) is 0 Å². The van der Waals surface area contributed by atoms with Crippen LogP contribution in [0.2, 0.25) is 5.02 Å². The van der Waals surface area contributed by atoms with Crippen molar-refractivity contribution in [2.45, 2.75) is 57.0 Å². The minimum Gasteiger partial charge on any atom is -0.399 e. The molecule has 23 heavy (non-hydrogen) atoms. The first kappa shape index (κ1) is 17.1. The molecule has 3 rings (SSSR count). The lowest BCUT2D eigenvalue weighted by molar-refractivity contribution is 0.00578. The number of sulfonamides is 1. The van der Waals surface area contributed by atoms with Crippen molar-refractivity contribution < 1.29 is 17.7 Å². The van der Waals surface area contributed by atoms with Crippen LogP contribution in [0.4, 0.5) is 5.69 Å². The van der Waals surface area contributed by atoms with Gasteiger partial charge in [-0.3, -0.25) is 4.72 Å². The molecule has 0 bridgehead atoms. The van der Waals surface area contributed by atoms with Gasteiger partial charge in [0.1, 0.15) is 0 Å². The summed E-state index contributed by atoms with van der Waals surface area (Å²) in [6.07, 6.45) is 1.43. The summed E-state index contributed by atoms with van der Waals surface area (Å²) in [5.41, 5.74) is 0.252. The number of benzene rings is 1. The van der Waals surface area contributed by atoms with E-state index in [2.05, 4.69) is 4.72 Å². The highest BCUT2D eigenvalue weighted by Gasteiger charge is 2.52. The summed E-state index contributed by atoms with van der Waals surface area (Å²) in [5, 5.41) is 0.142. The Bertz CT molecular complexity index is 715. The third-order valence-electron chi connectivity index (χ3n) is 4.73. The summed E-state index contributed by atoms with van der Waals surface area (Å²) in [6.45, 7) is 7.89. The number of anilines is 1. The van der Waals surface area contributed by atoms with E-state index in [1.165, 1.54) is 0 Å². The van der Waals surface area contributed by atoms with Crippen LogP contribution >= 0.6 is 11.6 Å². The first-order chi connectivity index (χ1) is 10.5. The number of nitrogens with one attached hydrogen (secondary N) is 1. The van der Waals surface area contributed by atoms with Crippen molar-refractivity contribution in [3.8, 4) is 0 Å². The summed E-state index contributed by atoms with van der Waals surface area (Å²) in [7, 11) is -3.87. The van der Waals surface area contributed by atoms with E-state index in [4.69, 9.17) is 20.9 Å². The summed E-state index contributed by atoms with van der Waals surface area (Å²) in [6, 6.07) is 5.03. The normalized spacial score (nSPS) is 23.1. The largest absolute Gasteiger partial charge is 0.496 e. The Morgan fingerprint density at radius 1 is 1.17 bits per heavy atom. The van der Waals surface area contributed by atoms with Crippen molar-refractivity contribution in [1.82, 2.24) is 0 Å². The maximum absolute atomic E-state index is 12.0. The van der Waals surface area contributed by atoms with Gasteiger partial charge in [-0.1, -0.05) is 17.7 Å². The molecular formula is C15H21BClNO4S. The molecule has 1 heterocycles. The third kappa shape index (κ3) is 3.24. The topological polar surface area (TPSA) is 64.6 Å². The van der Waals surface area contributed by atoms with Gasteiger partial charge in [0.25, 0.3) is 0 Å². The van der Waals surface area contributed by atoms with Gasteiger partial charge in [0.05, 0.1) is 16.5 Å². The smallest absolute Gasteiger partial charge is 0.399 e. The first-order valence-electron chi connectivity index (χ1n) is 7.69. The van der Waals surface area contributed by atoms with Gasteiger partial charge in [-0.2, -0.15) is 0 Å². The third-order valence-corrected chi connectivity index (χ3v) is 6.93. The SMILES string of the molecule is CC1(C)OB(c2ccc(NS(=O)(=O)C3CC3)cc2Cl)OC1(C)C. The molecule has 0 aromatic heterocycles. The van der Waals surface area contributed by atoms with Gasteiger partial charge in [-0.25, -0.2) is 8.42 Å². The molecule has 0 amide bonds. The molecule has 0 radical (unpaired) electrons. The number of halogens is 1. The molecule has 0 atom stereocenters. The first-order valence-corrected chi connectivity index (χ1v) is 9.61. The summed E-state index contributed by atoms with van der Waals surface area (Å²) in [4.78, 5) is 0. The molecular weight excluding hydrogens is 337 g/mol. The van der Waals surface area contributed by atoms with Gasteiger partial charge < -0.3 is 9.31 Å². The molecule has 8 heteroatoms. The Morgan fingerprint density at radius 3 is 2.22 bits per heavy atom. The van der Waals surface area contributed by atoms with Crippen molar-refractivity contribution in [3.05, 3.63) is 23.2 Å². The number of hydrogen-bond acceptors (Lipinski definition) is 4. The highest BCUT2D eigenvalue weighted by Crippen LogP contribution is 2.37. The number of rotatable bonds is 4. The molecule has 1 aromatic carbocycles. The maximum Gasteiger partial charge on any atom is 0.496 e. The van der Waals surface area contributed by atoms with Crippen LogP contribution in [0.25, 0.3) is 0 Å². The van der Waals surface area contributed by atoms with Crippen molar-refractivity contribution in [3.63, 3.8) is 0 Å². The summed E-state index contributed by atoms with van der Waals surface area (Å²) < 4.78 is 38.5. The van der Waals surface area contributed by atoms with Crippen molar-refractivity contribution in [2.75, 3.05) is 4.72 Å². The van der Waals surface area contributed by atoms with Crippen LogP contribution in [-0.4, -0.2) is 32.0 Å². The van der Waals surface area contributed by atoms with Crippen LogP contribution in [0, 0.1) is 0 Å². The van der Waals surface area contributed by atoms with Gasteiger partial charge in [0, 0.05) is 16.2 Å². The van der Waals surface area contributed by atoms with E-state index in [1.807, 2.05) is 27.7 Å². The molecule has 1 aliphatic heterocycles. The molecule has 1 saturated heterocycles. The van der Waals surface area contributed by atoms with Crippen LogP contribution < -0.4 is 10.2 Å². The lowest BCUT2D eigenvalue weighted by Crippen LogP contribution is -2.41. The predicted molar refractivity (Wildman–Crippen MR) is 92.7 cm³/mol. The highest BCUT2D eigenvalue weighted by molar-refractivity contribution is 7.93. The Morgan fingerprint density at radius 2 is 1.74 bits per heavy atom. The second-order valence-corrected chi connectivity index (χ2v) is 9.54. The van der Waals surface area contributed by atoms with E-state index >= 15 is 0 Å². The molecule has 2 fully saturated rings. The number of hydrogen-bond donors (Lipinski definition) is 1. The van der Waals surface area contributed by atoms with Crippen LogP contribution in [0.1, 0.15) is 40.5 Å². The minimum atomic E-state index is -3.30. The van der Waals surface area contributed by atoms with E-state index in [0.717, 1.165) is 12.8 Å². The van der Waals surface area contributed by atoms with Crippen LogP contribution in [-0.2, 0) is 19.3 Å². The zero-order valence-electron chi connectivity index (χ0n) is 13.7. The van der Waals surface area contributed by atoms with E-state index in [1.54, 1.807) is 18.2 Å². The van der Waals surface area contributed by atoms with Crippen LogP contribution in [0.5, 0.6) is 0 Å². The fraction of sp³-hybridized carbons (Fsp3) is 0.600. The zero-order chi connectivity index (χ0) is 17.0. The van der Waals surface area contributed by atoms with E-state index < -0.39 is 28.3 Å². The molecule has 1 aliphatic carbocycles. The highest BCUT2D eigenvalue weighted by atomic mass is 35.5. The van der Waals surface area contributed by atoms with E-state index in [9.17, 15) is 8.42 Å². The average molecular weight is 358 g/mol. The molecule has 0 unspecified atom stereocenters. The van der Waals surface area contributed by atoms with Gasteiger partial charge in [0.2, 0.25) is 10.0 Å². The minimum absolute atomic E-state index is 0.274. The lowest BCUT2D eigenvalue weighted by Gasteiger charge is -2.32. The van der Waals surface area contributed by atoms with Crippen LogP contribution in [0.3, 0.4) is 0 Å². The van der Waals surface area contributed by atoms with Crippen molar-refractivity contribution >= 4 is 39.9 Å². The second kappa shape index (κ2) is 5.38. The Balaban J connectivity index is 1.81. The van der Waals surface area contributed by atoms with Crippen molar-refractivity contribution in [1.29, 1.82) is 0 Å².